The minimum atomic E-state index is -0.639. The number of piperidine rings is 2. The van der Waals surface area contributed by atoms with Crippen LogP contribution in [0.3, 0.4) is 0 Å². The molecule has 2 fully saturated rings. The van der Waals surface area contributed by atoms with E-state index in [9.17, 15) is 4.79 Å². The molecule has 2 heterocycles. The number of likely N-dealkylation sites (tertiary alicyclic amines) is 2. The first-order valence-corrected chi connectivity index (χ1v) is 6.79. The fourth-order valence-electron chi connectivity index (χ4n) is 3.20. The van der Waals surface area contributed by atoms with Gasteiger partial charge in [-0.15, -0.1) is 0 Å². The standard InChI is InChI=1S/C13H24N2O2/c1-14-7-4-12(5-8-14)15-6-2-3-11(10-15)9-13(16)17/h11-12H,2-10H2,1H3,(H,16,17). The molecule has 0 aromatic carbocycles. The maximum Gasteiger partial charge on any atom is 0.303 e. The van der Waals surface area contributed by atoms with Crippen LogP contribution in [-0.2, 0) is 4.79 Å². The van der Waals surface area contributed by atoms with E-state index in [0.717, 1.165) is 13.0 Å². The molecule has 0 spiro atoms. The molecule has 4 heteroatoms. The predicted octanol–water partition coefficient (Wildman–Crippen LogP) is 1.27. The fraction of sp³-hybridized carbons (Fsp3) is 0.923. The zero-order chi connectivity index (χ0) is 12.3. The summed E-state index contributed by atoms with van der Waals surface area (Å²) in [5.41, 5.74) is 0. The third-order valence-corrected chi connectivity index (χ3v) is 4.22. The highest BCUT2D eigenvalue weighted by molar-refractivity contribution is 5.67. The Hall–Kier alpha value is -0.610. The molecule has 0 bridgehead atoms. The maximum absolute atomic E-state index is 10.8. The third kappa shape index (κ3) is 3.68. The van der Waals surface area contributed by atoms with E-state index < -0.39 is 5.97 Å². The molecule has 2 aliphatic rings. The van der Waals surface area contributed by atoms with E-state index >= 15 is 0 Å². The summed E-state index contributed by atoms with van der Waals surface area (Å²) in [6.45, 7) is 4.54. The largest absolute Gasteiger partial charge is 0.481 e. The number of rotatable bonds is 3. The number of aliphatic carboxylic acids is 1. The lowest BCUT2D eigenvalue weighted by molar-refractivity contribution is -0.138. The second-order valence-electron chi connectivity index (χ2n) is 5.64. The van der Waals surface area contributed by atoms with Gasteiger partial charge in [-0.05, 0) is 58.3 Å². The van der Waals surface area contributed by atoms with Crippen LogP contribution in [0.2, 0.25) is 0 Å². The van der Waals surface area contributed by atoms with Crippen LogP contribution in [0.5, 0.6) is 0 Å². The van der Waals surface area contributed by atoms with Crippen LogP contribution in [0.15, 0.2) is 0 Å². The molecule has 2 aliphatic heterocycles. The number of nitrogens with zero attached hydrogens (tertiary/aromatic N) is 2. The monoisotopic (exact) mass is 240 g/mol. The summed E-state index contributed by atoms with van der Waals surface area (Å²) in [7, 11) is 2.18. The van der Waals surface area contributed by atoms with Gasteiger partial charge in [-0.1, -0.05) is 0 Å². The van der Waals surface area contributed by atoms with Crippen LogP contribution in [0, 0.1) is 5.92 Å². The van der Waals surface area contributed by atoms with Crippen molar-refractivity contribution >= 4 is 5.97 Å². The summed E-state index contributed by atoms with van der Waals surface area (Å²) in [6, 6.07) is 0.697. The fourth-order valence-corrected chi connectivity index (χ4v) is 3.20. The molecule has 2 rings (SSSR count). The van der Waals surface area contributed by atoms with Gasteiger partial charge in [0.1, 0.15) is 0 Å². The smallest absolute Gasteiger partial charge is 0.303 e. The van der Waals surface area contributed by atoms with Crippen molar-refractivity contribution < 1.29 is 9.90 Å². The van der Waals surface area contributed by atoms with Crippen LogP contribution in [-0.4, -0.2) is 60.1 Å². The Kier molecular flexibility index (Phi) is 4.40. The molecular weight excluding hydrogens is 216 g/mol. The average molecular weight is 240 g/mol. The van der Waals surface area contributed by atoms with Gasteiger partial charge < -0.3 is 14.9 Å². The van der Waals surface area contributed by atoms with Gasteiger partial charge in [-0.25, -0.2) is 0 Å². The van der Waals surface area contributed by atoms with Crippen LogP contribution in [0.1, 0.15) is 32.1 Å². The molecule has 2 saturated heterocycles. The lowest BCUT2D eigenvalue weighted by Gasteiger charge is -2.41. The second kappa shape index (κ2) is 5.83. The zero-order valence-electron chi connectivity index (χ0n) is 10.8. The van der Waals surface area contributed by atoms with Gasteiger partial charge in [0.15, 0.2) is 0 Å². The Labute approximate surface area is 104 Å². The number of carbonyl (C=O) groups is 1. The Morgan fingerprint density at radius 1 is 1.24 bits per heavy atom. The molecule has 0 radical (unpaired) electrons. The van der Waals surface area contributed by atoms with Crippen LogP contribution >= 0.6 is 0 Å². The lowest BCUT2D eigenvalue weighted by atomic mass is 9.92. The minimum Gasteiger partial charge on any atom is -0.481 e. The highest BCUT2D eigenvalue weighted by atomic mass is 16.4. The van der Waals surface area contributed by atoms with Gasteiger partial charge in [-0.3, -0.25) is 4.79 Å². The number of hydrogen-bond acceptors (Lipinski definition) is 3. The molecule has 17 heavy (non-hydrogen) atoms. The Morgan fingerprint density at radius 2 is 1.94 bits per heavy atom. The molecule has 0 saturated carbocycles. The van der Waals surface area contributed by atoms with E-state index in [4.69, 9.17) is 5.11 Å². The van der Waals surface area contributed by atoms with Crippen molar-refractivity contribution in [3.05, 3.63) is 0 Å². The van der Waals surface area contributed by atoms with Crippen molar-refractivity contribution in [2.24, 2.45) is 5.92 Å². The highest BCUT2D eigenvalue weighted by Gasteiger charge is 2.28. The summed E-state index contributed by atoms with van der Waals surface area (Å²) < 4.78 is 0. The van der Waals surface area contributed by atoms with Crippen LogP contribution in [0.25, 0.3) is 0 Å². The SMILES string of the molecule is CN1CCC(N2CCCC(CC(=O)O)C2)CC1. The molecule has 0 aromatic heterocycles. The van der Waals surface area contributed by atoms with Crippen molar-refractivity contribution in [2.75, 3.05) is 33.2 Å². The first-order valence-electron chi connectivity index (χ1n) is 6.79. The molecule has 0 aromatic rings. The molecule has 1 N–H and O–H groups in total. The second-order valence-corrected chi connectivity index (χ2v) is 5.64. The maximum atomic E-state index is 10.8. The molecule has 1 atom stereocenters. The number of hydrogen-bond donors (Lipinski definition) is 1. The van der Waals surface area contributed by atoms with Gasteiger partial charge in [0.25, 0.3) is 0 Å². The zero-order valence-corrected chi connectivity index (χ0v) is 10.8. The van der Waals surface area contributed by atoms with Gasteiger partial charge in [-0.2, -0.15) is 0 Å². The van der Waals surface area contributed by atoms with Gasteiger partial charge >= 0.3 is 5.97 Å². The average Bonchev–Trinajstić information content (AvgIpc) is 2.29. The topological polar surface area (TPSA) is 43.8 Å². The van der Waals surface area contributed by atoms with Gasteiger partial charge in [0.05, 0.1) is 0 Å². The molecule has 1 unspecified atom stereocenters. The molecule has 98 valence electrons. The van der Waals surface area contributed by atoms with Crippen LogP contribution in [0.4, 0.5) is 0 Å². The van der Waals surface area contributed by atoms with Crippen molar-refractivity contribution in [2.45, 2.75) is 38.1 Å². The van der Waals surface area contributed by atoms with Crippen molar-refractivity contribution in [3.8, 4) is 0 Å². The number of carboxylic acid groups (broad SMARTS) is 1. The Morgan fingerprint density at radius 3 is 2.59 bits per heavy atom. The van der Waals surface area contributed by atoms with Crippen molar-refractivity contribution in [3.63, 3.8) is 0 Å². The van der Waals surface area contributed by atoms with Crippen molar-refractivity contribution in [1.29, 1.82) is 0 Å². The molecule has 0 aliphatic carbocycles. The van der Waals surface area contributed by atoms with E-state index in [1.807, 2.05) is 0 Å². The van der Waals surface area contributed by atoms with Crippen molar-refractivity contribution in [1.82, 2.24) is 9.80 Å². The van der Waals surface area contributed by atoms with E-state index in [1.54, 1.807) is 0 Å². The van der Waals surface area contributed by atoms with E-state index in [2.05, 4.69) is 16.8 Å². The molecule has 0 amide bonds. The van der Waals surface area contributed by atoms with Gasteiger partial charge in [0, 0.05) is 19.0 Å². The molecule has 4 nitrogen and oxygen atoms in total. The van der Waals surface area contributed by atoms with Crippen LogP contribution < -0.4 is 0 Å². The Bertz CT molecular complexity index is 262. The minimum absolute atomic E-state index is 0.350. The normalized spacial score (nSPS) is 29.4. The predicted molar refractivity (Wildman–Crippen MR) is 67.1 cm³/mol. The summed E-state index contributed by atoms with van der Waals surface area (Å²) in [5, 5.41) is 8.87. The summed E-state index contributed by atoms with van der Waals surface area (Å²) in [6.07, 6.45) is 5.11. The summed E-state index contributed by atoms with van der Waals surface area (Å²) >= 11 is 0. The third-order valence-electron chi connectivity index (χ3n) is 4.22. The summed E-state index contributed by atoms with van der Waals surface area (Å²) in [5.74, 6) is -0.263. The quantitative estimate of drug-likeness (QED) is 0.807. The lowest BCUT2D eigenvalue weighted by Crippen LogP contribution is -2.48. The van der Waals surface area contributed by atoms with Gasteiger partial charge in [0.2, 0.25) is 0 Å². The Balaban J connectivity index is 1.82. The number of carboxylic acids is 1. The first kappa shape index (κ1) is 12.8. The highest BCUT2D eigenvalue weighted by Crippen LogP contribution is 2.25. The van der Waals surface area contributed by atoms with E-state index in [1.165, 1.54) is 38.9 Å². The van der Waals surface area contributed by atoms with E-state index in [-0.39, 0.29) is 0 Å². The summed E-state index contributed by atoms with van der Waals surface area (Å²) in [4.78, 5) is 15.7. The molecular formula is C13H24N2O2. The van der Waals surface area contributed by atoms with E-state index in [0.29, 0.717) is 18.4 Å². The first-order chi connectivity index (χ1) is 8.15.